The molecule has 0 amide bonds. The van der Waals surface area contributed by atoms with E-state index < -0.39 is 0 Å². The number of thiophene rings is 1. The summed E-state index contributed by atoms with van der Waals surface area (Å²) in [6.45, 7) is 4.41. The SMILES string of the molecule is Cc1ccc(CNCCCC2CC2)s1. The van der Waals surface area contributed by atoms with Crippen molar-refractivity contribution in [1.82, 2.24) is 5.32 Å². The zero-order valence-electron chi connectivity index (χ0n) is 8.88. The molecule has 1 aromatic rings. The first-order valence-corrected chi connectivity index (χ1v) is 6.42. The molecule has 2 heteroatoms. The fraction of sp³-hybridized carbons (Fsp3) is 0.667. The summed E-state index contributed by atoms with van der Waals surface area (Å²) in [6, 6.07) is 4.43. The van der Waals surface area contributed by atoms with E-state index in [1.54, 1.807) is 0 Å². The summed E-state index contributed by atoms with van der Waals surface area (Å²) in [5.74, 6) is 1.08. The van der Waals surface area contributed by atoms with Crippen LogP contribution in [-0.4, -0.2) is 6.54 Å². The third-order valence-electron chi connectivity index (χ3n) is 2.76. The highest BCUT2D eigenvalue weighted by Gasteiger charge is 2.19. The zero-order chi connectivity index (χ0) is 9.80. The Balaban J connectivity index is 1.53. The standard InChI is InChI=1S/C12H19NS/c1-10-4-7-12(14-10)9-13-8-2-3-11-5-6-11/h4,7,11,13H,2-3,5-6,8-9H2,1H3. The summed E-state index contributed by atoms with van der Waals surface area (Å²) >= 11 is 1.90. The van der Waals surface area contributed by atoms with Crippen LogP contribution in [0, 0.1) is 12.8 Å². The first-order chi connectivity index (χ1) is 6.84. The second-order valence-corrected chi connectivity index (χ2v) is 5.65. The van der Waals surface area contributed by atoms with Gasteiger partial charge in [-0.3, -0.25) is 0 Å². The van der Waals surface area contributed by atoms with E-state index in [0.717, 1.165) is 12.5 Å². The lowest BCUT2D eigenvalue weighted by molar-refractivity contribution is 0.596. The van der Waals surface area contributed by atoms with Gasteiger partial charge >= 0.3 is 0 Å². The lowest BCUT2D eigenvalue weighted by Gasteiger charge is -2.01. The van der Waals surface area contributed by atoms with Crippen molar-refractivity contribution >= 4 is 11.3 Å². The molecule has 1 fully saturated rings. The number of aryl methyl sites for hydroxylation is 1. The summed E-state index contributed by atoms with van der Waals surface area (Å²) in [6.07, 6.45) is 5.78. The average Bonchev–Trinajstić information content (AvgIpc) is 2.89. The van der Waals surface area contributed by atoms with Crippen molar-refractivity contribution < 1.29 is 0 Å². The maximum absolute atomic E-state index is 3.51. The molecule has 0 aromatic carbocycles. The third-order valence-corrected chi connectivity index (χ3v) is 3.76. The van der Waals surface area contributed by atoms with Gasteiger partial charge in [-0.2, -0.15) is 0 Å². The average molecular weight is 209 g/mol. The molecule has 1 N–H and O–H groups in total. The molecule has 1 heterocycles. The number of hydrogen-bond donors (Lipinski definition) is 1. The molecule has 1 aromatic heterocycles. The van der Waals surface area contributed by atoms with Crippen LogP contribution in [0.4, 0.5) is 0 Å². The van der Waals surface area contributed by atoms with Crippen LogP contribution in [0.1, 0.15) is 35.4 Å². The van der Waals surface area contributed by atoms with E-state index in [0.29, 0.717) is 0 Å². The van der Waals surface area contributed by atoms with Crippen LogP contribution in [0.5, 0.6) is 0 Å². The van der Waals surface area contributed by atoms with E-state index in [1.165, 1.54) is 42.0 Å². The van der Waals surface area contributed by atoms with E-state index in [9.17, 15) is 0 Å². The van der Waals surface area contributed by atoms with E-state index >= 15 is 0 Å². The molecule has 1 saturated carbocycles. The van der Waals surface area contributed by atoms with Crippen LogP contribution >= 0.6 is 11.3 Å². The van der Waals surface area contributed by atoms with Gasteiger partial charge < -0.3 is 5.32 Å². The van der Waals surface area contributed by atoms with Gasteiger partial charge in [0.05, 0.1) is 0 Å². The van der Waals surface area contributed by atoms with Crippen LogP contribution in [0.25, 0.3) is 0 Å². The predicted molar refractivity (Wildman–Crippen MR) is 62.7 cm³/mol. The molecule has 78 valence electrons. The maximum atomic E-state index is 3.51. The molecule has 1 nitrogen and oxygen atoms in total. The highest BCUT2D eigenvalue weighted by atomic mass is 32.1. The monoisotopic (exact) mass is 209 g/mol. The van der Waals surface area contributed by atoms with Crippen molar-refractivity contribution in [2.24, 2.45) is 5.92 Å². The van der Waals surface area contributed by atoms with Crippen LogP contribution in [0.2, 0.25) is 0 Å². The fourth-order valence-corrected chi connectivity index (χ4v) is 2.57. The predicted octanol–water partition coefficient (Wildman–Crippen LogP) is 3.34. The van der Waals surface area contributed by atoms with Gasteiger partial charge in [0.25, 0.3) is 0 Å². The summed E-state index contributed by atoms with van der Waals surface area (Å²) < 4.78 is 0. The smallest absolute Gasteiger partial charge is 0.0299 e. The number of hydrogen-bond acceptors (Lipinski definition) is 2. The molecule has 0 saturated heterocycles. The molecule has 1 aliphatic rings. The van der Waals surface area contributed by atoms with Gasteiger partial charge in [0.1, 0.15) is 0 Å². The van der Waals surface area contributed by atoms with Gasteiger partial charge in [-0.05, 0) is 44.4 Å². The summed E-state index contributed by atoms with van der Waals surface area (Å²) in [5, 5.41) is 3.51. The van der Waals surface area contributed by atoms with E-state index in [1.807, 2.05) is 11.3 Å². The molecule has 0 atom stereocenters. The van der Waals surface area contributed by atoms with Gasteiger partial charge in [-0.25, -0.2) is 0 Å². The van der Waals surface area contributed by atoms with Crippen molar-refractivity contribution in [3.8, 4) is 0 Å². The Hall–Kier alpha value is -0.340. The minimum Gasteiger partial charge on any atom is -0.312 e. The first-order valence-electron chi connectivity index (χ1n) is 5.60. The minimum absolute atomic E-state index is 1.06. The Morgan fingerprint density at radius 2 is 2.29 bits per heavy atom. The summed E-state index contributed by atoms with van der Waals surface area (Å²) in [5.41, 5.74) is 0. The van der Waals surface area contributed by atoms with E-state index in [-0.39, 0.29) is 0 Å². The maximum Gasteiger partial charge on any atom is 0.0299 e. The van der Waals surface area contributed by atoms with Crippen molar-refractivity contribution in [2.75, 3.05) is 6.54 Å². The molecule has 1 aliphatic carbocycles. The van der Waals surface area contributed by atoms with Gasteiger partial charge in [0, 0.05) is 16.3 Å². The second kappa shape index (κ2) is 4.94. The third kappa shape index (κ3) is 3.43. The van der Waals surface area contributed by atoms with Crippen LogP contribution in [0.15, 0.2) is 12.1 Å². The van der Waals surface area contributed by atoms with Gasteiger partial charge in [-0.1, -0.05) is 12.8 Å². The molecular weight excluding hydrogens is 190 g/mol. The minimum atomic E-state index is 1.06. The largest absolute Gasteiger partial charge is 0.312 e. The lowest BCUT2D eigenvalue weighted by Crippen LogP contribution is -2.13. The first kappa shape index (κ1) is 10.2. The highest BCUT2D eigenvalue weighted by Crippen LogP contribution is 2.33. The van der Waals surface area contributed by atoms with E-state index in [4.69, 9.17) is 0 Å². The second-order valence-electron chi connectivity index (χ2n) is 4.27. The molecule has 2 rings (SSSR count). The highest BCUT2D eigenvalue weighted by molar-refractivity contribution is 7.11. The molecule has 0 bridgehead atoms. The van der Waals surface area contributed by atoms with Crippen LogP contribution in [0.3, 0.4) is 0 Å². The molecule has 14 heavy (non-hydrogen) atoms. The Kier molecular flexibility index (Phi) is 3.60. The van der Waals surface area contributed by atoms with Gasteiger partial charge in [-0.15, -0.1) is 11.3 Å². The van der Waals surface area contributed by atoms with Crippen molar-refractivity contribution in [1.29, 1.82) is 0 Å². The topological polar surface area (TPSA) is 12.0 Å². The Labute approximate surface area is 90.5 Å². The van der Waals surface area contributed by atoms with Crippen molar-refractivity contribution in [3.63, 3.8) is 0 Å². The summed E-state index contributed by atoms with van der Waals surface area (Å²) in [4.78, 5) is 2.88. The summed E-state index contributed by atoms with van der Waals surface area (Å²) in [7, 11) is 0. The number of rotatable bonds is 6. The molecule has 0 spiro atoms. The molecule has 0 unspecified atom stereocenters. The zero-order valence-corrected chi connectivity index (χ0v) is 9.70. The molecular formula is C12H19NS. The quantitative estimate of drug-likeness (QED) is 0.709. The Bertz CT molecular complexity index is 276. The normalized spacial score (nSPS) is 16.1. The fourth-order valence-electron chi connectivity index (χ4n) is 1.71. The molecule has 0 aliphatic heterocycles. The number of nitrogens with one attached hydrogen (secondary N) is 1. The van der Waals surface area contributed by atoms with Crippen molar-refractivity contribution in [3.05, 3.63) is 21.9 Å². The van der Waals surface area contributed by atoms with Crippen LogP contribution < -0.4 is 5.32 Å². The Morgan fingerprint density at radius 3 is 2.93 bits per heavy atom. The van der Waals surface area contributed by atoms with E-state index in [2.05, 4.69) is 24.4 Å². The molecule has 0 radical (unpaired) electrons. The van der Waals surface area contributed by atoms with Gasteiger partial charge in [0.2, 0.25) is 0 Å². The Morgan fingerprint density at radius 1 is 1.43 bits per heavy atom. The van der Waals surface area contributed by atoms with Gasteiger partial charge in [0.15, 0.2) is 0 Å². The van der Waals surface area contributed by atoms with Crippen LogP contribution in [-0.2, 0) is 6.54 Å². The van der Waals surface area contributed by atoms with Crippen molar-refractivity contribution in [2.45, 2.75) is 39.2 Å². The lowest BCUT2D eigenvalue weighted by atomic mass is 10.2.